The topological polar surface area (TPSA) is 15.3 Å². The van der Waals surface area contributed by atoms with E-state index in [1.165, 1.54) is 11.1 Å². The van der Waals surface area contributed by atoms with Crippen molar-refractivity contribution < 1.29 is 0 Å². The molecule has 0 bridgehead atoms. The van der Waals surface area contributed by atoms with Gasteiger partial charge in [-0.05, 0) is 24.0 Å². The van der Waals surface area contributed by atoms with Crippen LogP contribution in [0.5, 0.6) is 0 Å². The standard InChI is InChI=1S/C16H24N2.ClH/c1-3-5-11-18-12-10-17-13-16(18)15-8-6-14(4-2)7-9-15;/h3,6-9,16-17H,1,4-5,10-13H2,2H3;1H. The summed E-state index contributed by atoms with van der Waals surface area (Å²) in [6.45, 7) is 10.4. The molecular weight excluding hydrogens is 256 g/mol. The van der Waals surface area contributed by atoms with Gasteiger partial charge in [0.05, 0.1) is 0 Å². The van der Waals surface area contributed by atoms with E-state index >= 15 is 0 Å². The predicted molar refractivity (Wildman–Crippen MR) is 85.1 cm³/mol. The molecule has 2 nitrogen and oxygen atoms in total. The zero-order valence-electron chi connectivity index (χ0n) is 11.8. The molecule has 3 heteroatoms. The largest absolute Gasteiger partial charge is 0.314 e. The van der Waals surface area contributed by atoms with E-state index in [1.54, 1.807) is 0 Å². The van der Waals surface area contributed by atoms with Crippen molar-refractivity contribution in [1.82, 2.24) is 10.2 Å². The maximum atomic E-state index is 3.82. The van der Waals surface area contributed by atoms with Crippen LogP contribution in [0, 0.1) is 0 Å². The number of benzene rings is 1. The van der Waals surface area contributed by atoms with Gasteiger partial charge < -0.3 is 5.32 Å². The minimum absolute atomic E-state index is 0. The highest BCUT2D eigenvalue weighted by Gasteiger charge is 2.22. The first kappa shape index (κ1) is 16.2. The second-order valence-corrected chi connectivity index (χ2v) is 4.93. The third kappa shape index (κ3) is 4.34. The van der Waals surface area contributed by atoms with Gasteiger partial charge in [0.2, 0.25) is 0 Å². The Morgan fingerprint density at radius 1 is 1.37 bits per heavy atom. The van der Waals surface area contributed by atoms with E-state index in [2.05, 4.69) is 48.0 Å². The molecule has 1 aromatic rings. The molecule has 19 heavy (non-hydrogen) atoms. The first-order chi connectivity index (χ1) is 8.85. The molecule has 1 aromatic carbocycles. The number of aryl methyl sites for hydroxylation is 1. The molecule has 1 heterocycles. The number of nitrogens with zero attached hydrogens (tertiary/aromatic N) is 1. The average Bonchev–Trinajstić information content (AvgIpc) is 2.45. The van der Waals surface area contributed by atoms with Gasteiger partial charge in [-0.3, -0.25) is 4.90 Å². The third-order valence-corrected chi connectivity index (χ3v) is 3.75. The van der Waals surface area contributed by atoms with Crippen LogP contribution in [-0.4, -0.2) is 31.1 Å². The lowest BCUT2D eigenvalue weighted by Gasteiger charge is -2.36. The van der Waals surface area contributed by atoms with Gasteiger partial charge in [-0.15, -0.1) is 19.0 Å². The minimum Gasteiger partial charge on any atom is -0.314 e. The van der Waals surface area contributed by atoms with Gasteiger partial charge in [0.25, 0.3) is 0 Å². The molecule has 1 saturated heterocycles. The van der Waals surface area contributed by atoms with Gasteiger partial charge in [-0.2, -0.15) is 0 Å². The molecule has 1 unspecified atom stereocenters. The van der Waals surface area contributed by atoms with Crippen LogP contribution in [0.15, 0.2) is 36.9 Å². The molecule has 0 saturated carbocycles. The number of nitrogens with one attached hydrogen (secondary N) is 1. The second-order valence-electron chi connectivity index (χ2n) is 4.93. The van der Waals surface area contributed by atoms with Gasteiger partial charge in [0.15, 0.2) is 0 Å². The van der Waals surface area contributed by atoms with E-state index < -0.39 is 0 Å². The highest BCUT2D eigenvalue weighted by molar-refractivity contribution is 5.85. The van der Waals surface area contributed by atoms with E-state index in [9.17, 15) is 0 Å². The quantitative estimate of drug-likeness (QED) is 0.834. The molecule has 0 aliphatic carbocycles. The Balaban J connectivity index is 0.00000180. The summed E-state index contributed by atoms with van der Waals surface area (Å²) in [5.74, 6) is 0. The smallest absolute Gasteiger partial charge is 0.0473 e. The summed E-state index contributed by atoms with van der Waals surface area (Å²) < 4.78 is 0. The SMILES string of the molecule is C=CCCN1CCNCC1c1ccc(CC)cc1.Cl. The van der Waals surface area contributed by atoms with Crippen LogP contribution < -0.4 is 5.32 Å². The Kier molecular flexibility index (Phi) is 7.14. The van der Waals surface area contributed by atoms with Crippen LogP contribution in [0.2, 0.25) is 0 Å². The molecule has 2 rings (SSSR count). The third-order valence-electron chi connectivity index (χ3n) is 3.75. The van der Waals surface area contributed by atoms with Crippen molar-refractivity contribution in [2.45, 2.75) is 25.8 Å². The van der Waals surface area contributed by atoms with Gasteiger partial charge in [0.1, 0.15) is 0 Å². The summed E-state index contributed by atoms with van der Waals surface area (Å²) in [6, 6.07) is 9.62. The molecule has 1 N–H and O–H groups in total. The van der Waals surface area contributed by atoms with Gasteiger partial charge in [-0.1, -0.05) is 37.3 Å². The van der Waals surface area contributed by atoms with E-state index in [-0.39, 0.29) is 12.4 Å². The summed E-state index contributed by atoms with van der Waals surface area (Å²) in [5.41, 5.74) is 2.85. The maximum Gasteiger partial charge on any atom is 0.0473 e. The Morgan fingerprint density at radius 3 is 2.74 bits per heavy atom. The normalized spacial score (nSPS) is 19.7. The maximum absolute atomic E-state index is 3.82. The zero-order chi connectivity index (χ0) is 12.8. The average molecular weight is 281 g/mol. The molecule has 0 radical (unpaired) electrons. The Hall–Kier alpha value is -0.830. The van der Waals surface area contributed by atoms with Crippen LogP contribution >= 0.6 is 12.4 Å². The fraction of sp³-hybridized carbons (Fsp3) is 0.500. The number of piperazine rings is 1. The molecule has 1 atom stereocenters. The van der Waals surface area contributed by atoms with Crippen molar-refractivity contribution >= 4 is 12.4 Å². The van der Waals surface area contributed by atoms with Crippen LogP contribution in [0.4, 0.5) is 0 Å². The van der Waals surface area contributed by atoms with Crippen molar-refractivity contribution in [2.24, 2.45) is 0 Å². The van der Waals surface area contributed by atoms with Gasteiger partial charge in [0, 0.05) is 32.2 Å². The zero-order valence-corrected chi connectivity index (χ0v) is 12.6. The van der Waals surface area contributed by atoms with Gasteiger partial charge in [-0.25, -0.2) is 0 Å². The lowest BCUT2D eigenvalue weighted by atomic mass is 10.0. The second kappa shape index (κ2) is 8.36. The fourth-order valence-electron chi connectivity index (χ4n) is 2.58. The Morgan fingerprint density at radius 2 is 2.11 bits per heavy atom. The number of hydrogen-bond acceptors (Lipinski definition) is 2. The highest BCUT2D eigenvalue weighted by atomic mass is 35.5. The van der Waals surface area contributed by atoms with Crippen LogP contribution in [-0.2, 0) is 6.42 Å². The number of hydrogen-bond donors (Lipinski definition) is 1. The van der Waals surface area contributed by atoms with E-state index in [0.717, 1.165) is 39.0 Å². The summed E-state index contributed by atoms with van der Waals surface area (Å²) >= 11 is 0. The molecular formula is C16H25ClN2. The van der Waals surface area contributed by atoms with Crippen LogP contribution in [0.1, 0.15) is 30.5 Å². The number of rotatable bonds is 5. The Bertz CT molecular complexity index is 375. The molecule has 1 fully saturated rings. The molecule has 0 spiro atoms. The van der Waals surface area contributed by atoms with Crippen LogP contribution in [0.25, 0.3) is 0 Å². The van der Waals surface area contributed by atoms with Crippen molar-refractivity contribution in [3.8, 4) is 0 Å². The van der Waals surface area contributed by atoms with Gasteiger partial charge >= 0.3 is 0 Å². The van der Waals surface area contributed by atoms with Crippen LogP contribution in [0.3, 0.4) is 0 Å². The Labute approximate surface area is 123 Å². The molecule has 106 valence electrons. The summed E-state index contributed by atoms with van der Waals surface area (Å²) in [6.07, 6.45) is 4.20. The van der Waals surface area contributed by atoms with E-state index in [0.29, 0.717) is 6.04 Å². The molecule has 1 aliphatic rings. The lowest BCUT2D eigenvalue weighted by Crippen LogP contribution is -2.46. The summed E-state index contributed by atoms with van der Waals surface area (Å²) in [7, 11) is 0. The first-order valence-corrected chi connectivity index (χ1v) is 6.99. The van der Waals surface area contributed by atoms with E-state index in [1.807, 2.05) is 6.08 Å². The summed E-state index contributed by atoms with van der Waals surface area (Å²) in [5, 5.41) is 3.50. The first-order valence-electron chi connectivity index (χ1n) is 6.99. The minimum atomic E-state index is 0. The van der Waals surface area contributed by atoms with Crippen molar-refractivity contribution in [1.29, 1.82) is 0 Å². The van der Waals surface area contributed by atoms with E-state index in [4.69, 9.17) is 0 Å². The fourth-order valence-corrected chi connectivity index (χ4v) is 2.58. The summed E-state index contributed by atoms with van der Waals surface area (Å²) in [4.78, 5) is 2.57. The van der Waals surface area contributed by atoms with Crippen molar-refractivity contribution in [3.63, 3.8) is 0 Å². The van der Waals surface area contributed by atoms with Crippen molar-refractivity contribution in [3.05, 3.63) is 48.0 Å². The molecule has 0 aromatic heterocycles. The highest BCUT2D eigenvalue weighted by Crippen LogP contribution is 2.22. The lowest BCUT2D eigenvalue weighted by molar-refractivity contribution is 0.165. The number of halogens is 1. The molecule has 0 amide bonds. The predicted octanol–water partition coefficient (Wildman–Crippen LogP) is 3.19. The molecule has 1 aliphatic heterocycles. The monoisotopic (exact) mass is 280 g/mol. The van der Waals surface area contributed by atoms with Crippen molar-refractivity contribution in [2.75, 3.05) is 26.2 Å².